The van der Waals surface area contributed by atoms with Crippen molar-refractivity contribution in [1.82, 2.24) is 4.98 Å². The third-order valence-corrected chi connectivity index (χ3v) is 1.95. The number of methoxy groups -OCH3 is 1. The Morgan fingerprint density at radius 2 is 2.20 bits per heavy atom. The van der Waals surface area contributed by atoms with E-state index in [4.69, 9.17) is 0 Å². The van der Waals surface area contributed by atoms with Gasteiger partial charge in [-0.05, 0) is 18.6 Å². The van der Waals surface area contributed by atoms with Crippen molar-refractivity contribution in [2.24, 2.45) is 0 Å². The maximum atomic E-state index is 12.4. The lowest BCUT2D eigenvalue weighted by atomic mass is 10.2. The van der Waals surface area contributed by atoms with Gasteiger partial charge >= 0.3 is 5.97 Å². The van der Waals surface area contributed by atoms with E-state index in [1.807, 2.05) is 0 Å². The molecule has 0 aromatic carbocycles. The summed E-state index contributed by atoms with van der Waals surface area (Å²) in [6, 6.07) is 3.06. The highest BCUT2D eigenvalue weighted by atomic mass is 19.3. The molecule has 1 aromatic heterocycles. The summed E-state index contributed by atoms with van der Waals surface area (Å²) in [5.74, 6) is -0.494. The number of hydrogen-bond donors (Lipinski definition) is 0. The van der Waals surface area contributed by atoms with Gasteiger partial charge in [-0.15, -0.1) is 0 Å². The van der Waals surface area contributed by atoms with Crippen LogP contribution >= 0.6 is 0 Å². The van der Waals surface area contributed by atoms with Crippen LogP contribution in [0.5, 0.6) is 0 Å². The second-order valence-electron chi connectivity index (χ2n) is 3.06. The molecule has 0 unspecified atom stereocenters. The molecule has 0 aliphatic rings. The Hall–Kier alpha value is -1.52. The van der Waals surface area contributed by atoms with Crippen molar-refractivity contribution in [2.45, 2.75) is 19.8 Å². The fraction of sp³-hybridized carbons (Fsp3) is 0.400. The molecule has 0 saturated heterocycles. The number of nitrogens with zero attached hydrogens (tertiary/aromatic N) is 1. The van der Waals surface area contributed by atoms with Gasteiger partial charge in [0.05, 0.1) is 19.2 Å². The van der Waals surface area contributed by atoms with Gasteiger partial charge in [0.2, 0.25) is 0 Å². The smallest absolute Gasteiger partial charge is 0.311 e. The van der Waals surface area contributed by atoms with Crippen LogP contribution in [-0.4, -0.2) is 18.1 Å². The number of carbonyl (C=O) groups excluding carboxylic acids is 1. The molecule has 0 aliphatic heterocycles. The average molecular weight is 215 g/mol. The quantitative estimate of drug-likeness (QED) is 0.724. The Morgan fingerprint density at radius 3 is 2.73 bits per heavy atom. The van der Waals surface area contributed by atoms with Crippen LogP contribution < -0.4 is 0 Å². The van der Waals surface area contributed by atoms with Gasteiger partial charge in [-0.2, -0.15) is 0 Å². The summed E-state index contributed by atoms with van der Waals surface area (Å²) < 4.78 is 29.3. The number of aromatic nitrogens is 1. The number of rotatable bonds is 3. The summed E-state index contributed by atoms with van der Waals surface area (Å²) in [5, 5.41) is 0. The van der Waals surface area contributed by atoms with Gasteiger partial charge in [0, 0.05) is 0 Å². The van der Waals surface area contributed by atoms with Gasteiger partial charge in [0.1, 0.15) is 5.69 Å². The molecule has 1 heterocycles. The third kappa shape index (κ3) is 2.97. The largest absolute Gasteiger partial charge is 0.469 e. The molecular formula is C10H11F2NO2. The summed E-state index contributed by atoms with van der Waals surface area (Å²) in [4.78, 5) is 14.6. The van der Waals surface area contributed by atoms with Gasteiger partial charge in [0.25, 0.3) is 6.43 Å². The number of pyridine rings is 1. The standard InChI is InChI=1S/C10H11F2NO2/c1-6-3-4-7(5-8(14)15-2)13-9(6)10(11)12/h3-4,10H,5H2,1-2H3. The topological polar surface area (TPSA) is 39.2 Å². The molecule has 0 saturated carbocycles. The molecule has 0 radical (unpaired) electrons. The zero-order valence-electron chi connectivity index (χ0n) is 8.46. The van der Waals surface area contributed by atoms with Gasteiger partial charge < -0.3 is 4.74 Å². The second kappa shape index (κ2) is 4.82. The van der Waals surface area contributed by atoms with Crippen molar-refractivity contribution in [1.29, 1.82) is 0 Å². The van der Waals surface area contributed by atoms with E-state index in [0.717, 1.165) is 0 Å². The first-order chi connectivity index (χ1) is 7.04. The first-order valence-electron chi connectivity index (χ1n) is 4.36. The summed E-state index contributed by atoms with van der Waals surface area (Å²) in [7, 11) is 1.24. The van der Waals surface area contributed by atoms with E-state index in [1.165, 1.54) is 19.2 Å². The molecule has 1 aromatic rings. The van der Waals surface area contributed by atoms with E-state index in [1.54, 1.807) is 6.92 Å². The SMILES string of the molecule is COC(=O)Cc1ccc(C)c(C(F)F)n1. The van der Waals surface area contributed by atoms with Crippen LogP contribution in [0.25, 0.3) is 0 Å². The van der Waals surface area contributed by atoms with E-state index in [9.17, 15) is 13.6 Å². The highest BCUT2D eigenvalue weighted by Crippen LogP contribution is 2.20. The Bertz CT molecular complexity index is 366. The van der Waals surface area contributed by atoms with Gasteiger partial charge in [0.15, 0.2) is 0 Å². The third-order valence-electron chi connectivity index (χ3n) is 1.95. The van der Waals surface area contributed by atoms with Crippen molar-refractivity contribution < 1.29 is 18.3 Å². The molecule has 0 fully saturated rings. The first-order valence-corrected chi connectivity index (χ1v) is 4.36. The number of carbonyl (C=O) groups is 1. The molecule has 0 spiro atoms. The zero-order chi connectivity index (χ0) is 11.4. The lowest BCUT2D eigenvalue weighted by Gasteiger charge is -2.06. The highest BCUT2D eigenvalue weighted by Gasteiger charge is 2.14. The molecule has 0 atom stereocenters. The fourth-order valence-corrected chi connectivity index (χ4v) is 1.13. The predicted molar refractivity (Wildman–Crippen MR) is 49.7 cm³/mol. The Kier molecular flexibility index (Phi) is 3.71. The average Bonchev–Trinajstić information content (AvgIpc) is 2.20. The number of ether oxygens (including phenoxy) is 1. The monoisotopic (exact) mass is 215 g/mol. The van der Waals surface area contributed by atoms with Crippen molar-refractivity contribution in [2.75, 3.05) is 7.11 Å². The van der Waals surface area contributed by atoms with Crippen LogP contribution in [0.3, 0.4) is 0 Å². The molecule has 0 aliphatic carbocycles. The Morgan fingerprint density at radius 1 is 1.53 bits per heavy atom. The molecule has 0 bridgehead atoms. The Labute approximate surface area is 86.1 Å². The van der Waals surface area contributed by atoms with Crippen molar-refractivity contribution in [3.63, 3.8) is 0 Å². The fourth-order valence-electron chi connectivity index (χ4n) is 1.13. The lowest BCUT2D eigenvalue weighted by Crippen LogP contribution is -2.08. The zero-order valence-corrected chi connectivity index (χ0v) is 8.46. The maximum Gasteiger partial charge on any atom is 0.311 e. The van der Waals surface area contributed by atoms with Gasteiger partial charge in [-0.3, -0.25) is 9.78 Å². The van der Waals surface area contributed by atoms with Gasteiger partial charge in [-0.1, -0.05) is 6.07 Å². The summed E-state index contributed by atoms with van der Waals surface area (Å²) in [5.41, 5.74) is 0.428. The van der Waals surface area contributed by atoms with Gasteiger partial charge in [-0.25, -0.2) is 8.78 Å². The summed E-state index contributed by atoms with van der Waals surface area (Å²) in [6.45, 7) is 1.55. The van der Waals surface area contributed by atoms with E-state index < -0.39 is 12.4 Å². The highest BCUT2D eigenvalue weighted by molar-refractivity contribution is 5.71. The van der Waals surface area contributed by atoms with E-state index in [2.05, 4.69) is 9.72 Å². The lowest BCUT2D eigenvalue weighted by molar-refractivity contribution is -0.139. The summed E-state index contributed by atoms with van der Waals surface area (Å²) in [6.07, 6.45) is -2.71. The van der Waals surface area contributed by atoms with E-state index in [0.29, 0.717) is 11.3 Å². The number of halogens is 2. The minimum Gasteiger partial charge on any atom is -0.469 e. The maximum absolute atomic E-state index is 12.4. The molecule has 15 heavy (non-hydrogen) atoms. The van der Waals surface area contributed by atoms with Crippen LogP contribution in [0.15, 0.2) is 12.1 Å². The van der Waals surface area contributed by atoms with Crippen LogP contribution in [0.4, 0.5) is 8.78 Å². The Balaban J connectivity index is 2.92. The number of esters is 1. The molecule has 3 nitrogen and oxygen atoms in total. The molecule has 5 heteroatoms. The van der Waals surface area contributed by atoms with E-state index in [-0.39, 0.29) is 12.1 Å². The normalized spacial score (nSPS) is 10.5. The summed E-state index contributed by atoms with van der Waals surface area (Å²) >= 11 is 0. The molecule has 82 valence electrons. The minimum atomic E-state index is -2.62. The number of alkyl halides is 2. The minimum absolute atomic E-state index is 0.0868. The van der Waals surface area contributed by atoms with Crippen molar-refractivity contribution in [3.05, 3.63) is 29.1 Å². The molecule has 1 rings (SSSR count). The molecule has 0 N–H and O–H groups in total. The second-order valence-corrected chi connectivity index (χ2v) is 3.06. The number of hydrogen-bond acceptors (Lipinski definition) is 3. The molecule has 0 amide bonds. The number of aryl methyl sites for hydroxylation is 1. The van der Waals surface area contributed by atoms with Crippen LogP contribution in [0.2, 0.25) is 0 Å². The predicted octanol–water partition coefficient (Wildman–Crippen LogP) is 2.04. The molecular weight excluding hydrogens is 204 g/mol. The van der Waals surface area contributed by atoms with Crippen LogP contribution in [-0.2, 0) is 16.0 Å². The van der Waals surface area contributed by atoms with Crippen LogP contribution in [0, 0.1) is 6.92 Å². The van der Waals surface area contributed by atoms with Crippen molar-refractivity contribution >= 4 is 5.97 Å². The van der Waals surface area contributed by atoms with Crippen LogP contribution in [0.1, 0.15) is 23.4 Å². The van der Waals surface area contributed by atoms with E-state index >= 15 is 0 Å². The van der Waals surface area contributed by atoms with Crippen molar-refractivity contribution in [3.8, 4) is 0 Å². The first kappa shape index (κ1) is 11.6.